The number of benzene rings is 1. The van der Waals surface area contributed by atoms with Gasteiger partial charge in [0.05, 0.1) is 0 Å². The number of nitrogens with one attached hydrogen (secondary N) is 1. The van der Waals surface area contributed by atoms with E-state index in [2.05, 4.69) is 77.1 Å². The summed E-state index contributed by atoms with van der Waals surface area (Å²) in [7, 11) is 2.06. The molecule has 1 heterocycles. The highest BCUT2D eigenvalue weighted by Crippen LogP contribution is 2.21. The third-order valence-electron chi connectivity index (χ3n) is 2.99. The van der Waals surface area contributed by atoms with Gasteiger partial charge in [0.1, 0.15) is 11.6 Å². The minimum Gasteiger partial charge on any atom is -0.365 e. The molecule has 0 aliphatic rings. The van der Waals surface area contributed by atoms with E-state index in [-0.39, 0.29) is 5.54 Å². The summed E-state index contributed by atoms with van der Waals surface area (Å²) in [6.07, 6.45) is 0. The Bertz CT molecular complexity index is 605. The first-order valence-electron chi connectivity index (χ1n) is 7.05. The fourth-order valence-corrected chi connectivity index (χ4v) is 2.46. The zero-order valence-corrected chi connectivity index (χ0v) is 14.6. The molecule has 1 aromatic heterocycles. The van der Waals surface area contributed by atoms with Crippen LogP contribution in [0.2, 0.25) is 0 Å². The summed E-state index contributed by atoms with van der Waals surface area (Å²) in [6.45, 7) is 7.21. The summed E-state index contributed by atoms with van der Waals surface area (Å²) in [5.41, 5.74) is 1.25. The number of halogens is 1. The number of aromatic nitrogens is 1. The van der Waals surface area contributed by atoms with Crippen LogP contribution in [0.1, 0.15) is 26.3 Å². The monoisotopic (exact) mass is 347 g/mol. The number of pyridine rings is 1. The third kappa shape index (κ3) is 4.74. The van der Waals surface area contributed by atoms with Crippen molar-refractivity contribution in [1.82, 2.24) is 4.98 Å². The molecule has 0 amide bonds. The molecule has 0 aliphatic heterocycles. The van der Waals surface area contributed by atoms with Gasteiger partial charge in [-0.05, 0) is 44.5 Å². The van der Waals surface area contributed by atoms with E-state index in [4.69, 9.17) is 0 Å². The topological polar surface area (TPSA) is 28.2 Å². The molecule has 21 heavy (non-hydrogen) atoms. The molecule has 0 radical (unpaired) electrons. The van der Waals surface area contributed by atoms with E-state index in [1.165, 1.54) is 5.56 Å². The van der Waals surface area contributed by atoms with Crippen molar-refractivity contribution in [1.29, 1.82) is 0 Å². The van der Waals surface area contributed by atoms with Crippen LogP contribution >= 0.6 is 15.9 Å². The molecule has 0 saturated heterocycles. The van der Waals surface area contributed by atoms with Crippen LogP contribution in [0.4, 0.5) is 11.6 Å². The molecule has 0 aliphatic carbocycles. The second kappa shape index (κ2) is 6.48. The first-order chi connectivity index (χ1) is 9.85. The molecule has 2 rings (SSSR count). The van der Waals surface area contributed by atoms with Crippen molar-refractivity contribution in [3.63, 3.8) is 0 Å². The fourth-order valence-electron chi connectivity index (χ4n) is 2.05. The van der Waals surface area contributed by atoms with Gasteiger partial charge in [0, 0.05) is 23.6 Å². The summed E-state index contributed by atoms with van der Waals surface area (Å²) in [6, 6.07) is 14.3. The Morgan fingerprint density at radius 1 is 1.10 bits per heavy atom. The van der Waals surface area contributed by atoms with E-state index in [0.717, 1.165) is 22.7 Å². The maximum Gasteiger partial charge on any atom is 0.130 e. The lowest BCUT2D eigenvalue weighted by molar-refractivity contribution is 0.630. The van der Waals surface area contributed by atoms with E-state index < -0.39 is 0 Å². The van der Waals surface area contributed by atoms with E-state index >= 15 is 0 Å². The van der Waals surface area contributed by atoms with Gasteiger partial charge in [0.15, 0.2) is 0 Å². The summed E-state index contributed by atoms with van der Waals surface area (Å²) < 4.78 is 1.13. The van der Waals surface area contributed by atoms with Crippen molar-refractivity contribution in [3.8, 4) is 0 Å². The van der Waals surface area contributed by atoms with E-state index in [0.29, 0.717) is 0 Å². The molecule has 0 fully saturated rings. The van der Waals surface area contributed by atoms with Crippen LogP contribution < -0.4 is 10.2 Å². The van der Waals surface area contributed by atoms with Crippen molar-refractivity contribution < 1.29 is 0 Å². The van der Waals surface area contributed by atoms with Crippen LogP contribution in [-0.4, -0.2) is 17.6 Å². The molecule has 0 saturated carbocycles. The Kier molecular flexibility index (Phi) is 4.88. The van der Waals surface area contributed by atoms with Crippen molar-refractivity contribution in [2.45, 2.75) is 32.9 Å². The minimum absolute atomic E-state index is 0.00660. The number of hydrogen-bond donors (Lipinski definition) is 1. The van der Waals surface area contributed by atoms with Crippen molar-refractivity contribution in [3.05, 3.63) is 52.5 Å². The second-order valence-electron chi connectivity index (χ2n) is 6.20. The fraction of sp³-hybridized carbons (Fsp3) is 0.353. The molecule has 0 unspecified atom stereocenters. The van der Waals surface area contributed by atoms with Gasteiger partial charge >= 0.3 is 0 Å². The molecule has 0 spiro atoms. The summed E-state index contributed by atoms with van der Waals surface area (Å²) in [5, 5.41) is 3.40. The van der Waals surface area contributed by atoms with Crippen LogP contribution in [0, 0.1) is 0 Å². The van der Waals surface area contributed by atoms with Crippen LogP contribution in [0.5, 0.6) is 0 Å². The van der Waals surface area contributed by atoms with Gasteiger partial charge in [0.2, 0.25) is 0 Å². The first kappa shape index (κ1) is 15.8. The molecule has 4 heteroatoms. The number of anilines is 2. The number of rotatable bonds is 4. The van der Waals surface area contributed by atoms with Gasteiger partial charge in [-0.1, -0.05) is 40.2 Å². The predicted molar refractivity (Wildman–Crippen MR) is 93.9 cm³/mol. The molecule has 1 aromatic carbocycles. The predicted octanol–water partition coefficient (Wildman–Crippen LogP) is 4.69. The molecular weight excluding hydrogens is 326 g/mol. The van der Waals surface area contributed by atoms with Gasteiger partial charge in [-0.2, -0.15) is 0 Å². The van der Waals surface area contributed by atoms with Gasteiger partial charge in [0.25, 0.3) is 0 Å². The van der Waals surface area contributed by atoms with Crippen molar-refractivity contribution in [2.75, 3.05) is 17.3 Å². The van der Waals surface area contributed by atoms with Crippen LogP contribution in [0.25, 0.3) is 0 Å². The summed E-state index contributed by atoms with van der Waals surface area (Å²) >= 11 is 3.59. The van der Waals surface area contributed by atoms with Crippen molar-refractivity contribution in [2.24, 2.45) is 0 Å². The number of nitrogens with zero attached hydrogens (tertiary/aromatic N) is 2. The maximum absolute atomic E-state index is 4.68. The Morgan fingerprint density at radius 2 is 1.81 bits per heavy atom. The summed E-state index contributed by atoms with van der Waals surface area (Å²) in [5.74, 6) is 1.86. The highest BCUT2D eigenvalue weighted by molar-refractivity contribution is 9.10. The smallest absolute Gasteiger partial charge is 0.130 e. The third-order valence-corrected chi connectivity index (χ3v) is 3.77. The van der Waals surface area contributed by atoms with Crippen LogP contribution in [-0.2, 0) is 6.54 Å². The van der Waals surface area contributed by atoms with E-state index in [1.807, 2.05) is 24.3 Å². The largest absolute Gasteiger partial charge is 0.365 e. The first-order valence-corrected chi connectivity index (χ1v) is 7.84. The van der Waals surface area contributed by atoms with E-state index in [9.17, 15) is 0 Å². The Labute approximate surface area is 135 Å². The minimum atomic E-state index is 0.00660. The van der Waals surface area contributed by atoms with Gasteiger partial charge < -0.3 is 10.2 Å². The Morgan fingerprint density at radius 3 is 2.48 bits per heavy atom. The Hall–Kier alpha value is -1.55. The van der Waals surface area contributed by atoms with Crippen LogP contribution in [0.3, 0.4) is 0 Å². The van der Waals surface area contributed by atoms with Gasteiger partial charge in [-0.3, -0.25) is 0 Å². The van der Waals surface area contributed by atoms with Gasteiger partial charge in [-0.15, -0.1) is 0 Å². The lowest BCUT2D eigenvalue weighted by Gasteiger charge is -2.24. The maximum atomic E-state index is 4.68. The molecule has 0 bridgehead atoms. The average Bonchev–Trinajstić information content (AvgIpc) is 2.39. The highest BCUT2D eigenvalue weighted by atomic mass is 79.9. The zero-order valence-electron chi connectivity index (χ0n) is 13.0. The zero-order chi connectivity index (χ0) is 15.5. The number of hydrogen-bond acceptors (Lipinski definition) is 3. The molecular formula is C17H22BrN3. The molecule has 3 nitrogen and oxygen atoms in total. The lowest BCUT2D eigenvalue weighted by atomic mass is 10.1. The average molecular weight is 348 g/mol. The second-order valence-corrected chi connectivity index (χ2v) is 7.06. The Balaban J connectivity index is 2.14. The summed E-state index contributed by atoms with van der Waals surface area (Å²) in [4.78, 5) is 6.83. The van der Waals surface area contributed by atoms with Crippen LogP contribution in [0.15, 0.2) is 46.9 Å². The normalized spacial score (nSPS) is 11.3. The molecule has 2 aromatic rings. The van der Waals surface area contributed by atoms with Crippen molar-refractivity contribution >= 4 is 27.6 Å². The molecule has 1 N–H and O–H groups in total. The SMILES string of the molecule is CN(Cc1ccccc1Br)c1cccc(NC(C)(C)C)n1. The highest BCUT2D eigenvalue weighted by Gasteiger charge is 2.11. The van der Waals surface area contributed by atoms with E-state index in [1.54, 1.807) is 0 Å². The molecule has 112 valence electrons. The standard InChI is InChI=1S/C17H22BrN3/c1-17(2,3)20-15-10-7-11-16(19-15)21(4)12-13-8-5-6-9-14(13)18/h5-11H,12H2,1-4H3,(H,19,20). The lowest BCUT2D eigenvalue weighted by Crippen LogP contribution is -2.27. The van der Waals surface area contributed by atoms with Gasteiger partial charge in [-0.25, -0.2) is 4.98 Å². The molecule has 0 atom stereocenters. The quantitative estimate of drug-likeness (QED) is 0.869.